The Bertz CT molecular complexity index is 1600. The van der Waals surface area contributed by atoms with Gasteiger partial charge in [-0.2, -0.15) is 0 Å². The third-order valence-corrected chi connectivity index (χ3v) is 12.3. The van der Waals surface area contributed by atoms with Crippen molar-refractivity contribution in [1.82, 2.24) is 20.1 Å². The number of rotatable bonds is 22. The molecule has 1 aromatic carbocycles. The Balaban J connectivity index is 1.79. The fourth-order valence-corrected chi connectivity index (χ4v) is 8.20. The molecule has 2 heterocycles. The number of carbonyl (C=O) groups is 5. The zero-order valence-electron chi connectivity index (χ0n) is 35.4. The smallest absolute Gasteiger partial charge is 0.309 e. The van der Waals surface area contributed by atoms with Gasteiger partial charge in [0.25, 0.3) is 0 Å². The minimum absolute atomic E-state index is 0.00489. The van der Waals surface area contributed by atoms with Gasteiger partial charge in [0.05, 0.1) is 49.3 Å². The summed E-state index contributed by atoms with van der Waals surface area (Å²) in [7, 11) is 7.96. The monoisotopic (exact) mass is 769 g/mol. The molecule has 0 radical (unpaired) electrons. The minimum Gasteiger partial charge on any atom is -0.469 e. The lowest BCUT2D eigenvalue weighted by Gasteiger charge is -2.41. The second-order valence-corrected chi connectivity index (χ2v) is 16.4. The number of H-pyrrole nitrogens is 1. The highest BCUT2D eigenvalue weighted by atomic mass is 16.5. The van der Waals surface area contributed by atoms with E-state index in [4.69, 9.17) is 14.2 Å². The number of esters is 1. The summed E-state index contributed by atoms with van der Waals surface area (Å²) in [4.78, 5) is 75.3. The Labute approximate surface area is 328 Å². The molecule has 2 N–H and O–H groups in total. The van der Waals surface area contributed by atoms with Gasteiger partial charge in [-0.1, -0.05) is 59.2 Å². The number of hydrogen-bond acceptors (Lipinski definition) is 9. The number of para-hydroxylation sites is 1. The Hall–Kier alpha value is -3.61. The van der Waals surface area contributed by atoms with Crippen LogP contribution in [0.2, 0.25) is 0 Å². The van der Waals surface area contributed by atoms with Crippen LogP contribution < -0.4 is 5.32 Å². The summed E-state index contributed by atoms with van der Waals surface area (Å²) >= 11 is 0. The number of methoxy groups -OCH3 is 3. The summed E-state index contributed by atoms with van der Waals surface area (Å²) in [6, 6.07) is 7.05. The molecule has 8 unspecified atom stereocenters. The number of ether oxygens (including phenoxy) is 3. The van der Waals surface area contributed by atoms with Gasteiger partial charge < -0.3 is 34.3 Å². The van der Waals surface area contributed by atoms with Gasteiger partial charge in [-0.15, -0.1) is 0 Å². The number of aromatic nitrogens is 1. The fraction of sp³-hybridized carbons (Fsp3) is 0.698. The molecule has 1 aliphatic rings. The van der Waals surface area contributed by atoms with Crippen LogP contribution in [0.5, 0.6) is 0 Å². The molecule has 1 fully saturated rings. The summed E-state index contributed by atoms with van der Waals surface area (Å²) in [5, 5.41) is 4.05. The van der Waals surface area contributed by atoms with Gasteiger partial charge in [0.2, 0.25) is 11.8 Å². The highest BCUT2D eigenvalue weighted by Crippen LogP contribution is 2.32. The molecule has 55 heavy (non-hydrogen) atoms. The molecule has 3 rings (SSSR count). The molecular formula is C43H68N4O8. The lowest BCUT2D eigenvalue weighted by atomic mass is 9.83. The number of likely N-dealkylation sites (tertiary alicyclic amines) is 1. The second-order valence-electron chi connectivity index (χ2n) is 16.4. The van der Waals surface area contributed by atoms with E-state index in [2.05, 4.69) is 17.2 Å². The average molecular weight is 769 g/mol. The largest absolute Gasteiger partial charge is 0.469 e. The minimum atomic E-state index is -0.765. The Morgan fingerprint density at radius 3 is 2.25 bits per heavy atom. The maximum Gasteiger partial charge on any atom is 0.309 e. The predicted octanol–water partition coefficient (Wildman–Crippen LogP) is 5.61. The lowest BCUT2D eigenvalue weighted by Crippen LogP contribution is -2.54. The number of nitrogens with zero attached hydrogens (tertiary/aromatic N) is 2. The highest BCUT2D eigenvalue weighted by Gasteiger charge is 2.43. The number of carbonyl (C=O) groups excluding carboxylic acids is 5. The lowest BCUT2D eigenvalue weighted by molar-refractivity contribution is -0.150. The number of benzene rings is 1. The average Bonchev–Trinajstić information content (AvgIpc) is 3.83. The van der Waals surface area contributed by atoms with E-state index in [1.165, 1.54) is 7.11 Å². The van der Waals surface area contributed by atoms with Crippen LogP contribution >= 0.6 is 0 Å². The topological polar surface area (TPSA) is 147 Å². The molecule has 8 atom stereocenters. The summed E-state index contributed by atoms with van der Waals surface area (Å²) < 4.78 is 17.2. The van der Waals surface area contributed by atoms with E-state index in [0.29, 0.717) is 19.4 Å². The first kappa shape index (κ1) is 45.8. The summed E-state index contributed by atoms with van der Waals surface area (Å²) in [5.74, 6) is -2.80. The molecule has 0 saturated carbocycles. The van der Waals surface area contributed by atoms with Crippen molar-refractivity contribution in [3.05, 3.63) is 36.0 Å². The van der Waals surface area contributed by atoms with Crippen LogP contribution in [0.3, 0.4) is 0 Å². The molecule has 0 spiro atoms. The van der Waals surface area contributed by atoms with Crippen molar-refractivity contribution in [2.45, 2.75) is 123 Å². The quantitative estimate of drug-likeness (QED) is 0.146. The van der Waals surface area contributed by atoms with E-state index in [1.54, 1.807) is 38.1 Å². The van der Waals surface area contributed by atoms with Gasteiger partial charge in [0.15, 0.2) is 5.78 Å². The van der Waals surface area contributed by atoms with Crippen LogP contribution in [0, 0.1) is 29.6 Å². The molecule has 12 nitrogen and oxygen atoms in total. The van der Waals surface area contributed by atoms with Gasteiger partial charge in [0.1, 0.15) is 5.78 Å². The number of hydrogen-bond donors (Lipinski definition) is 2. The van der Waals surface area contributed by atoms with E-state index < -0.39 is 47.5 Å². The Morgan fingerprint density at radius 2 is 1.67 bits per heavy atom. The van der Waals surface area contributed by atoms with Crippen LogP contribution in [0.15, 0.2) is 30.5 Å². The van der Waals surface area contributed by atoms with Gasteiger partial charge in [-0.3, -0.25) is 24.0 Å². The van der Waals surface area contributed by atoms with Gasteiger partial charge >= 0.3 is 5.97 Å². The third-order valence-electron chi connectivity index (χ3n) is 12.3. The maximum absolute atomic E-state index is 14.3. The number of Topliss-reactive ketones (excluding diaryl/α,β-unsaturated/α-hetero) is 2. The summed E-state index contributed by atoms with van der Waals surface area (Å²) in [5.41, 5.74) is 1.12. The highest BCUT2D eigenvalue weighted by molar-refractivity contribution is 5.92. The van der Waals surface area contributed by atoms with Crippen LogP contribution in [0.1, 0.15) is 92.6 Å². The van der Waals surface area contributed by atoms with Crippen molar-refractivity contribution in [3.63, 3.8) is 0 Å². The molecule has 2 amide bonds. The van der Waals surface area contributed by atoms with Crippen LogP contribution in [-0.2, 0) is 44.6 Å². The summed E-state index contributed by atoms with van der Waals surface area (Å²) in [6.45, 7) is 14.0. The first-order chi connectivity index (χ1) is 26.0. The zero-order chi connectivity index (χ0) is 41.2. The number of ketones is 2. The normalized spacial score (nSPS) is 18.7. The first-order valence-corrected chi connectivity index (χ1v) is 20.0. The van der Waals surface area contributed by atoms with Crippen molar-refractivity contribution in [2.75, 3.05) is 42.0 Å². The van der Waals surface area contributed by atoms with Crippen molar-refractivity contribution >= 4 is 40.3 Å². The third kappa shape index (κ3) is 11.0. The zero-order valence-corrected chi connectivity index (χ0v) is 35.4. The fourth-order valence-electron chi connectivity index (χ4n) is 8.20. The molecular weight excluding hydrogens is 700 g/mol. The molecule has 1 aromatic heterocycles. The van der Waals surface area contributed by atoms with Crippen molar-refractivity contribution in [1.29, 1.82) is 0 Å². The van der Waals surface area contributed by atoms with Gasteiger partial charge in [-0.05, 0) is 63.6 Å². The molecule has 0 aliphatic carbocycles. The second kappa shape index (κ2) is 20.5. The first-order valence-electron chi connectivity index (χ1n) is 20.0. The molecule has 1 saturated heterocycles. The molecule has 12 heteroatoms. The molecule has 2 aromatic rings. The van der Waals surface area contributed by atoms with Crippen LogP contribution in [0.25, 0.3) is 10.9 Å². The van der Waals surface area contributed by atoms with E-state index in [0.717, 1.165) is 29.3 Å². The number of nitrogens with one attached hydrogen (secondary N) is 2. The number of aromatic amines is 1. The van der Waals surface area contributed by atoms with E-state index >= 15 is 0 Å². The molecule has 0 bridgehead atoms. The Kier molecular flexibility index (Phi) is 17.1. The molecule has 308 valence electrons. The van der Waals surface area contributed by atoms with Gasteiger partial charge in [0, 0.05) is 69.6 Å². The van der Waals surface area contributed by atoms with Crippen LogP contribution in [0.4, 0.5) is 0 Å². The van der Waals surface area contributed by atoms with Crippen molar-refractivity contribution < 1.29 is 38.2 Å². The number of amides is 2. The van der Waals surface area contributed by atoms with Crippen molar-refractivity contribution in [2.24, 2.45) is 29.6 Å². The predicted molar refractivity (Wildman–Crippen MR) is 214 cm³/mol. The SMILES string of the molecule is CCC(C)C(C(CC(=O)N1CCCC1C(OC)C(C)C(=O)CC(Cc1c[nH]c2ccccc12)C(=O)OC)OC)N(C)C(=O)C(CC(=O)C(C)(C)NC)C(C)C. The van der Waals surface area contributed by atoms with Crippen molar-refractivity contribution in [3.8, 4) is 0 Å². The number of fused-ring (bicyclic) bond motifs is 1. The van der Waals surface area contributed by atoms with E-state index in [9.17, 15) is 24.0 Å². The van der Waals surface area contributed by atoms with E-state index in [-0.39, 0.29) is 60.5 Å². The van der Waals surface area contributed by atoms with Crippen LogP contribution in [-0.4, -0.2) is 116 Å². The summed E-state index contributed by atoms with van der Waals surface area (Å²) in [6.07, 6.45) is 3.29. The standard InChI is InChI=1S/C43H68N4O8/c1-13-27(4)39(46(9)41(51)32(26(2)3)23-37(49)43(6,7)44-8)36(53-10)24-38(50)47-20-16-19-34(47)40(54-11)28(5)35(48)22-29(42(52)55-12)21-30-25-45-33-18-15-14-17-31(30)33/h14-15,17-18,25-29,32,34,36,39-40,44-45H,13,16,19-24H2,1-12H3. The molecule has 1 aliphatic heterocycles. The van der Waals surface area contributed by atoms with Gasteiger partial charge in [-0.25, -0.2) is 0 Å². The maximum atomic E-state index is 14.3. The number of likely N-dealkylation sites (N-methyl/N-ethyl adjacent to an activating group) is 2. The Morgan fingerprint density at radius 1 is 1.00 bits per heavy atom. The van der Waals surface area contributed by atoms with E-state index in [1.807, 2.05) is 72.0 Å².